The first-order valence-corrected chi connectivity index (χ1v) is 5.59. The minimum atomic E-state index is -4.03. The van der Waals surface area contributed by atoms with Gasteiger partial charge in [0.15, 0.2) is 16.0 Å². The van der Waals surface area contributed by atoms with Crippen LogP contribution >= 0.6 is 33.2 Å². The van der Waals surface area contributed by atoms with Crippen molar-refractivity contribution >= 4 is 39.0 Å². The first kappa shape index (κ1) is 12.4. The summed E-state index contributed by atoms with van der Waals surface area (Å²) in [7, 11) is -4.03. The third-order valence-electron chi connectivity index (χ3n) is 1.01. The SMILES string of the molecule is C=CC(=O)C(S)(S)C[P+](O)(O)O. The normalized spacial score (nSPS) is 12.8. The Kier molecular flexibility index (Phi) is 4.23. The average Bonchev–Trinajstić information content (AvgIpc) is 1.80. The Hall–Kier alpha value is 0.420. The zero-order chi connectivity index (χ0) is 9.99. The molecule has 12 heavy (non-hydrogen) atoms. The number of hydrogen-bond acceptors (Lipinski definition) is 6. The molecule has 0 spiro atoms. The standard InChI is InChI=1S/C5H9O4PS2/c1-2-4(6)5(11,12)3-10(7,8)9/h2,7-9H,1,3H2,(H-,11,12)/p+1. The summed E-state index contributed by atoms with van der Waals surface area (Å²) < 4.78 is -1.58. The van der Waals surface area contributed by atoms with Gasteiger partial charge in [0.1, 0.15) is 0 Å². The second kappa shape index (κ2) is 4.09. The van der Waals surface area contributed by atoms with Crippen LogP contribution in [0.25, 0.3) is 0 Å². The second-order valence-corrected chi connectivity index (χ2v) is 5.82. The van der Waals surface area contributed by atoms with Crippen molar-refractivity contribution in [1.29, 1.82) is 0 Å². The number of rotatable bonds is 4. The highest BCUT2D eigenvalue weighted by Gasteiger charge is 2.44. The zero-order valence-corrected chi connectivity index (χ0v) is 8.77. The van der Waals surface area contributed by atoms with E-state index >= 15 is 0 Å². The summed E-state index contributed by atoms with van der Waals surface area (Å²) >= 11 is 7.49. The molecule has 0 aliphatic heterocycles. The molecule has 0 unspecified atom stereocenters. The molecule has 0 bridgehead atoms. The van der Waals surface area contributed by atoms with Gasteiger partial charge in [-0.3, -0.25) is 4.79 Å². The van der Waals surface area contributed by atoms with Crippen LogP contribution in [0.1, 0.15) is 0 Å². The smallest absolute Gasteiger partial charge is 0.292 e. The summed E-state index contributed by atoms with van der Waals surface area (Å²) in [6.07, 6.45) is 0.354. The highest BCUT2D eigenvalue weighted by molar-refractivity contribution is 8.02. The highest BCUT2D eigenvalue weighted by atomic mass is 32.2. The van der Waals surface area contributed by atoms with Crippen molar-refractivity contribution in [2.24, 2.45) is 0 Å². The fraction of sp³-hybridized carbons (Fsp3) is 0.400. The molecule has 0 saturated carbocycles. The van der Waals surface area contributed by atoms with Gasteiger partial charge >= 0.3 is 7.94 Å². The molecular formula is C5H10O4PS2+. The van der Waals surface area contributed by atoms with Crippen molar-refractivity contribution < 1.29 is 19.5 Å². The number of thiol groups is 2. The predicted octanol–water partition coefficient (Wildman–Crippen LogP) is 0.0369. The fourth-order valence-electron chi connectivity index (χ4n) is 0.537. The van der Waals surface area contributed by atoms with Crippen LogP contribution in [0, 0.1) is 0 Å². The van der Waals surface area contributed by atoms with Gasteiger partial charge in [-0.2, -0.15) is 14.7 Å². The summed E-state index contributed by atoms with van der Waals surface area (Å²) in [5.41, 5.74) is 0. The van der Waals surface area contributed by atoms with Gasteiger partial charge in [-0.05, 0) is 6.08 Å². The zero-order valence-electron chi connectivity index (χ0n) is 6.08. The lowest BCUT2D eigenvalue weighted by molar-refractivity contribution is -0.114. The number of ketones is 1. The topological polar surface area (TPSA) is 77.8 Å². The van der Waals surface area contributed by atoms with Crippen molar-refractivity contribution in [2.45, 2.75) is 4.08 Å². The Balaban J connectivity index is 4.42. The number of hydrogen-bond donors (Lipinski definition) is 5. The van der Waals surface area contributed by atoms with Gasteiger partial charge in [-0.1, -0.05) is 6.58 Å². The van der Waals surface area contributed by atoms with E-state index in [4.69, 9.17) is 14.7 Å². The van der Waals surface area contributed by atoms with Crippen LogP contribution in [0.4, 0.5) is 0 Å². The maximum Gasteiger partial charge on any atom is 0.406 e. The summed E-state index contributed by atoms with van der Waals surface area (Å²) in [6, 6.07) is 0. The molecular weight excluding hydrogens is 219 g/mol. The van der Waals surface area contributed by atoms with Crippen LogP contribution in [0.2, 0.25) is 0 Å². The Morgan fingerprint density at radius 3 is 2.17 bits per heavy atom. The Bertz CT molecular complexity index is 198. The lowest BCUT2D eigenvalue weighted by Gasteiger charge is -2.17. The van der Waals surface area contributed by atoms with Crippen molar-refractivity contribution in [1.82, 2.24) is 0 Å². The molecule has 0 heterocycles. The lowest BCUT2D eigenvalue weighted by Crippen LogP contribution is -2.30. The second-order valence-electron chi connectivity index (χ2n) is 2.24. The molecule has 0 fully saturated rings. The molecule has 0 rings (SSSR count). The average molecular weight is 229 g/mol. The van der Waals surface area contributed by atoms with E-state index in [1.165, 1.54) is 0 Å². The van der Waals surface area contributed by atoms with E-state index in [2.05, 4.69) is 31.8 Å². The highest BCUT2D eigenvalue weighted by Crippen LogP contribution is 2.50. The molecule has 7 heteroatoms. The van der Waals surface area contributed by atoms with Crippen LogP contribution < -0.4 is 0 Å². The van der Waals surface area contributed by atoms with E-state index in [-0.39, 0.29) is 0 Å². The van der Waals surface area contributed by atoms with Crippen LogP contribution in [0.3, 0.4) is 0 Å². The third kappa shape index (κ3) is 4.45. The molecule has 70 valence electrons. The molecule has 0 aromatic rings. The molecule has 4 nitrogen and oxygen atoms in total. The largest absolute Gasteiger partial charge is 0.406 e. The molecule has 0 aromatic heterocycles. The maximum atomic E-state index is 10.9. The maximum absolute atomic E-state index is 10.9. The molecule has 0 aliphatic carbocycles. The summed E-state index contributed by atoms with van der Waals surface area (Å²) in [5.74, 6) is -0.587. The molecule has 0 saturated heterocycles. The van der Waals surface area contributed by atoms with Gasteiger partial charge < -0.3 is 0 Å². The first-order chi connectivity index (χ1) is 5.19. The first-order valence-electron chi connectivity index (χ1n) is 2.87. The van der Waals surface area contributed by atoms with Crippen molar-refractivity contribution in [3.05, 3.63) is 12.7 Å². The molecule has 0 amide bonds. The van der Waals surface area contributed by atoms with Gasteiger partial charge in [0.25, 0.3) is 0 Å². The van der Waals surface area contributed by atoms with E-state index < -0.39 is 24.0 Å². The van der Waals surface area contributed by atoms with Crippen LogP contribution in [-0.4, -0.2) is 30.7 Å². The van der Waals surface area contributed by atoms with Crippen molar-refractivity contribution in [3.8, 4) is 0 Å². The van der Waals surface area contributed by atoms with Gasteiger partial charge in [-0.25, -0.2) is 0 Å². The number of allylic oxidation sites excluding steroid dienone is 1. The molecule has 0 aromatic carbocycles. The summed E-state index contributed by atoms with van der Waals surface area (Å²) in [6.45, 7) is 3.18. The van der Waals surface area contributed by atoms with E-state index in [1.807, 2.05) is 0 Å². The van der Waals surface area contributed by atoms with E-state index in [0.717, 1.165) is 6.08 Å². The number of carbonyl (C=O) groups excluding carboxylic acids is 1. The van der Waals surface area contributed by atoms with Crippen molar-refractivity contribution in [2.75, 3.05) is 6.16 Å². The molecule has 0 aliphatic rings. The minimum Gasteiger partial charge on any atom is -0.292 e. The third-order valence-corrected chi connectivity index (χ3v) is 3.17. The molecule has 0 radical (unpaired) electrons. The van der Waals surface area contributed by atoms with Crippen LogP contribution in [-0.2, 0) is 4.79 Å². The molecule has 3 N–H and O–H groups in total. The van der Waals surface area contributed by atoms with Gasteiger partial charge in [-0.15, -0.1) is 25.3 Å². The van der Waals surface area contributed by atoms with Gasteiger partial charge in [0, 0.05) is 0 Å². The quantitative estimate of drug-likeness (QED) is 0.204. The number of carbonyl (C=O) groups is 1. The monoisotopic (exact) mass is 229 g/mol. The van der Waals surface area contributed by atoms with E-state index in [0.29, 0.717) is 0 Å². The van der Waals surface area contributed by atoms with E-state index in [1.54, 1.807) is 0 Å². The van der Waals surface area contributed by atoms with Crippen molar-refractivity contribution in [3.63, 3.8) is 0 Å². The summed E-state index contributed by atoms with van der Waals surface area (Å²) in [4.78, 5) is 36.8. The lowest BCUT2D eigenvalue weighted by atomic mass is 10.3. The van der Waals surface area contributed by atoms with Gasteiger partial charge in [0.2, 0.25) is 0 Å². The Morgan fingerprint density at radius 1 is 1.50 bits per heavy atom. The molecule has 0 atom stereocenters. The fourth-order valence-corrected chi connectivity index (χ4v) is 2.61. The minimum absolute atomic E-state index is 0.587. The Labute approximate surface area is 81.7 Å². The summed E-state index contributed by atoms with van der Waals surface area (Å²) in [5, 5.41) is 0. The van der Waals surface area contributed by atoms with Crippen LogP contribution in [0.5, 0.6) is 0 Å². The van der Waals surface area contributed by atoms with Crippen LogP contribution in [0.15, 0.2) is 12.7 Å². The van der Waals surface area contributed by atoms with Gasteiger partial charge in [0.05, 0.1) is 0 Å². The Morgan fingerprint density at radius 2 is 1.92 bits per heavy atom. The predicted molar refractivity (Wildman–Crippen MR) is 54.4 cm³/mol. The van der Waals surface area contributed by atoms with E-state index in [9.17, 15) is 4.79 Å².